The third-order valence-corrected chi connectivity index (χ3v) is 9.93. The molecule has 0 bridgehead atoms. The molecule has 2 saturated heterocycles. The van der Waals surface area contributed by atoms with E-state index in [1.807, 2.05) is 19.1 Å². The Morgan fingerprint density at radius 1 is 0.973 bits per heavy atom. The topological polar surface area (TPSA) is 82.1 Å². The average molecular weight is 527 g/mol. The summed E-state index contributed by atoms with van der Waals surface area (Å²) in [4.78, 5) is 0.142. The number of hydrogen-bond donors (Lipinski definition) is 1. The minimum Gasteiger partial charge on any atom is -0.382 e. The lowest BCUT2D eigenvalue weighted by Gasteiger charge is -2.58. The first-order valence-corrected chi connectivity index (χ1v) is 14.9. The Balaban J connectivity index is 1.43. The zero-order valence-corrected chi connectivity index (χ0v) is 22.7. The van der Waals surface area contributed by atoms with Gasteiger partial charge >= 0.3 is 0 Å². The monoisotopic (exact) mass is 526 g/mol. The van der Waals surface area contributed by atoms with Crippen LogP contribution >= 0.6 is 0 Å². The van der Waals surface area contributed by atoms with Crippen molar-refractivity contribution in [1.82, 2.24) is 0 Å². The van der Waals surface area contributed by atoms with Crippen LogP contribution in [-0.2, 0) is 23.8 Å². The summed E-state index contributed by atoms with van der Waals surface area (Å²) in [7, 11) is -3.87. The van der Waals surface area contributed by atoms with Crippen LogP contribution in [0.15, 0.2) is 59.0 Å². The van der Waals surface area contributed by atoms with Crippen molar-refractivity contribution in [3.05, 3.63) is 70.8 Å². The average Bonchev–Trinajstić information content (AvgIpc) is 3.56. The molecule has 0 aromatic heterocycles. The van der Waals surface area contributed by atoms with Gasteiger partial charge in [-0.1, -0.05) is 48.0 Å². The molecule has 1 aliphatic carbocycles. The molecule has 3 aliphatic rings. The Labute approximate surface area is 220 Å². The lowest BCUT2D eigenvalue weighted by Crippen LogP contribution is -2.70. The summed E-state index contributed by atoms with van der Waals surface area (Å²) in [6.45, 7) is 5.23. The van der Waals surface area contributed by atoms with E-state index in [0.29, 0.717) is 32.5 Å². The van der Waals surface area contributed by atoms with Gasteiger partial charge in [0.05, 0.1) is 11.5 Å². The van der Waals surface area contributed by atoms with E-state index in [-0.39, 0.29) is 11.5 Å². The van der Waals surface area contributed by atoms with Crippen molar-refractivity contribution < 1.29 is 27.2 Å². The first kappa shape index (κ1) is 26.6. The molecular formula is C30H38O6S. The second-order valence-corrected chi connectivity index (χ2v) is 12.4. The molecule has 2 aliphatic heterocycles. The van der Waals surface area contributed by atoms with Gasteiger partial charge in [0.15, 0.2) is 0 Å². The van der Waals surface area contributed by atoms with E-state index in [1.165, 1.54) is 0 Å². The Bertz CT molecular complexity index is 1240. The highest BCUT2D eigenvalue weighted by Gasteiger charge is 2.69. The van der Waals surface area contributed by atoms with Crippen LogP contribution < -0.4 is 0 Å². The number of benzene rings is 2. The van der Waals surface area contributed by atoms with Gasteiger partial charge in [0, 0.05) is 13.2 Å². The molecular weight excluding hydrogens is 488 g/mol. The number of fused-ring (bicyclic) bond motifs is 1. The quantitative estimate of drug-likeness (QED) is 0.379. The summed E-state index contributed by atoms with van der Waals surface area (Å²) >= 11 is 0. The van der Waals surface area contributed by atoms with Crippen LogP contribution in [0.2, 0.25) is 0 Å². The van der Waals surface area contributed by atoms with Crippen molar-refractivity contribution in [3.8, 4) is 0 Å². The molecule has 0 amide bonds. The second kappa shape index (κ2) is 10.3. The molecule has 0 unspecified atom stereocenters. The largest absolute Gasteiger partial charge is 0.382 e. The number of hydrogen-bond acceptors (Lipinski definition) is 6. The number of rotatable bonds is 7. The molecule has 1 saturated carbocycles. The van der Waals surface area contributed by atoms with E-state index in [4.69, 9.17) is 13.7 Å². The van der Waals surface area contributed by atoms with Crippen LogP contribution in [0.3, 0.4) is 0 Å². The van der Waals surface area contributed by atoms with E-state index in [1.54, 1.807) is 24.3 Å². The van der Waals surface area contributed by atoms with E-state index in [2.05, 4.69) is 25.1 Å². The van der Waals surface area contributed by atoms with Gasteiger partial charge in [0.1, 0.15) is 16.8 Å². The second-order valence-electron chi connectivity index (χ2n) is 10.8. The van der Waals surface area contributed by atoms with Crippen molar-refractivity contribution in [3.63, 3.8) is 0 Å². The predicted octanol–water partition coefficient (Wildman–Crippen LogP) is 5.50. The van der Waals surface area contributed by atoms with Crippen LogP contribution in [-0.4, -0.2) is 50.1 Å². The molecule has 200 valence electrons. The standard InChI is InChI=1S/C30H38O6S/c1-23-10-12-27(13-11-23)37(32,33)36-21-6-16-29(31)26(22-25-9-4-3-8-24(25)2)14-18-28(15-5-19-34-28)30(29)17-7-20-35-30/h3-4,8-13,22,31H,5-7,14-21H2,1-2H3/b26-22+/t28-,29+,30-/m0/s1. The minimum atomic E-state index is -3.87. The Morgan fingerprint density at radius 2 is 1.70 bits per heavy atom. The maximum Gasteiger partial charge on any atom is 0.296 e. The highest BCUT2D eigenvalue weighted by Crippen LogP contribution is 2.60. The van der Waals surface area contributed by atoms with Crippen LogP contribution in [0.25, 0.3) is 6.08 Å². The Morgan fingerprint density at radius 3 is 2.38 bits per heavy atom. The summed E-state index contributed by atoms with van der Waals surface area (Å²) in [5, 5.41) is 12.7. The van der Waals surface area contributed by atoms with E-state index in [9.17, 15) is 13.5 Å². The van der Waals surface area contributed by atoms with Crippen LogP contribution in [0.4, 0.5) is 0 Å². The third kappa shape index (κ3) is 4.70. The maximum absolute atomic E-state index is 12.7. The number of ether oxygens (including phenoxy) is 2. The fraction of sp³-hybridized carbons (Fsp3) is 0.533. The first-order chi connectivity index (χ1) is 17.7. The normalized spacial score (nSPS) is 31.1. The lowest BCUT2D eigenvalue weighted by atomic mass is 9.57. The first-order valence-electron chi connectivity index (χ1n) is 13.4. The van der Waals surface area contributed by atoms with Gasteiger partial charge in [0.25, 0.3) is 10.1 Å². The summed E-state index contributed by atoms with van der Waals surface area (Å²) < 4.78 is 43.8. The zero-order valence-electron chi connectivity index (χ0n) is 21.9. The molecule has 2 aromatic rings. The Kier molecular flexibility index (Phi) is 7.37. The van der Waals surface area contributed by atoms with Gasteiger partial charge in [-0.15, -0.1) is 0 Å². The molecule has 6 nitrogen and oxygen atoms in total. The number of aliphatic hydroxyl groups is 1. The van der Waals surface area contributed by atoms with Crippen molar-refractivity contribution >= 4 is 16.2 Å². The van der Waals surface area contributed by atoms with Gasteiger partial charge in [-0.05, 0) is 94.0 Å². The molecule has 2 heterocycles. The van der Waals surface area contributed by atoms with Crippen LogP contribution in [0.1, 0.15) is 68.1 Å². The summed E-state index contributed by atoms with van der Waals surface area (Å²) in [6, 6.07) is 14.8. The summed E-state index contributed by atoms with van der Waals surface area (Å²) in [5.74, 6) is 0. The van der Waals surface area contributed by atoms with E-state index < -0.39 is 26.9 Å². The molecule has 3 atom stereocenters. The van der Waals surface area contributed by atoms with Crippen molar-refractivity contribution in [1.29, 1.82) is 0 Å². The molecule has 37 heavy (non-hydrogen) atoms. The maximum atomic E-state index is 12.7. The van der Waals surface area contributed by atoms with E-state index in [0.717, 1.165) is 54.4 Å². The predicted molar refractivity (Wildman–Crippen MR) is 143 cm³/mol. The van der Waals surface area contributed by atoms with Crippen molar-refractivity contribution in [2.75, 3.05) is 19.8 Å². The lowest BCUT2D eigenvalue weighted by molar-refractivity contribution is -0.257. The van der Waals surface area contributed by atoms with Gasteiger partial charge in [-0.25, -0.2) is 0 Å². The Hall–Kier alpha value is -2.03. The van der Waals surface area contributed by atoms with Gasteiger partial charge in [-0.3, -0.25) is 4.18 Å². The molecule has 3 fully saturated rings. The van der Waals surface area contributed by atoms with E-state index >= 15 is 0 Å². The summed E-state index contributed by atoms with van der Waals surface area (Å²) in [6.07, 6.45) is 7.74. The van der Waals surface area contributed by atoms with Gasteiger partial charge < -0.3 is 14.6 Å². The highest BCUT2D eigenvalue weighted by atomic mass is 32.2. The smallest absolute Gasteiger partial charge is 0.296 e. The van der Waals surface area contributed by atoms with Crippen LogP contribution in [0.5, 0.6) is 0 Å². The highest BCUT2D eigenvalue weighted by molar-refractivity contribution is 7.86. The van der Waals surface area contributed by atoms with Gasteiger partial charge in [-0.2, -0.15) is 8.42 Å². The molecule has 0 radical (unpaired) electrons. The zero-order chi connectivity index (χ0) is 26.2. The molecule has 1 N–H and O–H groups in total. The minimum absolute atomic E-state index is 0.0138. The third-order valence-electron chi connectivity index (χ3n) is 8.61. The molecule has 2 spiro atoms. The van der Waals surface area contributed by atoms with Crippen molar-refractivity contribution in [2.45, 2.75) is 86.9 Å². The molecule has 2 aromatic carbocycles. The number of aryl methyl sites for hydroxylation is 2. The van der Waals surface area contributed by atoms with Crippen LogP contribution in [0, 0.1) is 13.8 Å². The van der Waals surface area contributed by atoms with Gasteiger partial charge in [0.2, 0.25) is 0 Å². The summed E-state index contributed by atoms with van der Waals surface area (Å²) in [5.41, 5.74) is 1.48. The SMILES string of the molecule is Cc1ccc(S(=O)(=O)OCCC[C@@]2(O)/C(=C/c3ccccc3C)CC[C@@]3(CCCO3)[C@@]23CCCO3)cc1. The molecule has 5 rings (SSSR count). The fourth-order valence-electron chi connectivity index (χ4n) is 6.68. The molecule has 7 heteroatoms. The van der Waals surface area contributed by atoms with Crippen molar-refractivity contribution in [2.24, 2.45) is 0 Å². The fourth-order valence-corrected chi connectivity index (χ4v) is 7.62.